The van der Waals surface area contributed by atoms with Crippen molar-refractivity contribution < 1.29 is 13.9 Å². The molecule has 1 aliphatic heterocycles. The molecule has 1 fully saturated rings. The number of aromatic nitrogens is 2. The lowest BCUT2D eigenvalue weighted by atomic mass is 9.98. The fourth-order valence-electron chi connectivity index (χ4n) is 3.52. The largest absolute Gasteiger partial charge is 0.376 e. The summed E-state index contributed by atoms with van der Waals surface area (Å²) in [4.78, 5) is 22.0. The highest BCUT2D eigenvalue weighted by molar-refractivity contribution is 5.97. The number of benzene rings is 2. The second kappa shape index (κ2) is 7.64. The molecule has 0 bridgehead atoms. The summed E-state index contributed by atoms with van der Waals surface area (Å²) in [6, 6.07) is 11.2. The number of amides is 1. The van der Waals surface area contributed by atoms with Gasteiger partial charge in [-0.25, -0.2) is 14.4 Å². The molecule has 1 saturated heterocycles. The number of rotatable bonds is 4. The average Bonchev–Trinajstić information content (AvgIpc) is 3.22. The molecule has 3 aromatic rings. The normalized spacial score (nSPS) is 17.6. The molecule has 4 rings (SSSR count). The highest BCUT2D eigenvalue weighted by atomic mass is 19.1. The molecule has 2 atom stereocenters. The van der Waals surface area contributed by atoms with Crippen LogP contribution in [0.4, 0.5) is 4.39 Å². The van der Waals surface area contributed by atoms with Crippen LogP contribution in [0.15, 0.2) is 42.5 Å². The van der Waals surface area contributed by atoms with E-state index in [1.54, 1.807) is 24.3 Å². The van der Waals surface area contributed by atoms with Crippen molar-refractivity contribution in [3.63, 3.8) is 0 Å². The average molecular weight is 379 g/mol. The van der Waals surface area contributed by atoms with Gasteiger partial charge in [0.05, 0.1) is 34.6 Å². The minimum Gasteiger partial charge on any atom is -0.376 e. The summed E-state index contributed by atoms with van der Waals surface area (Å²) < 4.78 is 19.1. The number of hydrogen-bond donors (Lipinski definition) is 1. The van der Waals surface area contributed by atoms with Gasteiger partial charge >= 0.3 is 0 Å². The number of nitrogens with zero attached hydrogens (tertiary/aromatic N) is 2. The Morgan fingerprint density at radius 1 is 1.11 bits per heavy atom. The fraction of sp³-hybridized carbons (Fsp3) is 0.318. The summed E-state index contributed by atoms with van der Waals surface area (Å²) in [7, 11) is 0. The number of halogens is 1. The zero-order valence-corrected chi connectivity index (χ0v) is 15.9. The molecule has 2 aromatic carbocycles. The maximum absolute atomic E-state index is 13.3. The van der Waals surface area contributed by atoms with Gasteiger partial charge in [0.25, 0.3) is 5.91 Å². The molecule has 0 spiro atoms. The van der Waals surface area contributed by atoms with Gasteiger partial charge in [-0.1, -0.05) is 12.1 Å². The van der Waals surface area contributed by atoms with Gasteiger partial charge in [-0.2, -0.15) is 0 Å². The Morgan fingerprint density at radius 3 is 2.50 bits per heavy atom. The van der Waals surface area contributed by atoms with E-state index in [1.807, 2.05) is 19.9 Å². The van der Waals surface area contributed by atoms with E-state index in [9.17, 15) is 9.18 Å². The molecule has 1 aliphatic rings. The van der Waals surface area contributed by atoms with Crippen molar-refractivity contribution >= 4 is 16.9 Å². The van der Waals surface area contributed by atoms with Gasteiger partial charge in [0.15, 0.2) is 0 Å². The van der Waals surface area contributed by atoms with E-state index in [1.165, 1.54) is 12.1 Å². The molecular weight excluding hydrogens is 357 g/mol. The topological polar surface area (TPSA) is 64.1 Å². The third-order valence-corrected chi connectivity index (χ3v) is 5.19. The number of hydrogen-bond acceptors (Lipinski definition) is 4. The van der Waals surface area contributed by atoms with E-state index in [2.05, 4.69) is 15.3 Å². The smallest absolute Gasteiger partial charge is 0.251 e. The van der Waals surface area contributed by atoms with E-state index in [-0.39, 0.29) is 23.9 Å². The van der Waals surface area contributed by atoms with Gasteiger partial charge in [-0.15, -0.1) is 0 Å². The van der Waals surface area contributed by atoms with Crippen molar-refractivity contribution in [3.05, 3.63) is 70.8 Å². The molecule has 0 radical (unpaired) electrons. The van der Waals surface area contributed by atoms with Crippen LogP contribution in [0.2, 0.25) is 0 Å². The first kappa shape index (κ1) is 18.5. The van der Waals surface area contributed by atoms with Crippen molar-refractivity contribution in [3.8, 4) is 0 Å². The second-order valence-corrected chi connectivity index (χ2v) is 7.15. The van der Waals surface area contributed by atoms with Gasteiger partial charge in [0, 0.05) is 12.2 Å². The minimum atomic E-state index is -0.336. The molecular formula is C22H22FN3O2. The van der Waals surface area contributed by atoms with E-state index in [0.29, 0.717) is 17.7 Å². The summed E-state index contributed by atoms with van der Waals surface area (Å²) in [5, 5.41) is 3.07. The van der Waals surface area contributed by atoms with E-state index in [0.717, 1.165) is 35.3 Å². The molecule has 144 valence electrons. The van der Waals surface area contributed by atoms with Crippen LogP contribution in [-0.2, 0) is 4.74 Å². The van der Waals surface area contributed by atoms with Gasteiger partial charge in [-0.3, -0.25) is 4.79 Å². The third kappa shape index (κ3) is 3.73. The lowest BCUT2D eigenvalue weighted by Gasteiger charge is -2.25. The van der Waals surface area contributed by atoms with Crippen LogP contribution in [0.5, 0.6) is 0 Å². The number of carbonyl (C=O) groups is 1. The van der Waals surface area contributed by atoms with E-state index < -0.39 is 0 Å². The van der Waals surface area contributed by atoms with Gasteiger partial charge in [-0.05, 0) is 62.6 Å². The maximum atomic E-state index is 13.3. The Labute approximate surface area is 163 Å². The summed E-state index contributed by atoms with van der Waals surface area (Å²) in [5.74, 6) is -0.522. The van der Waals surface area contributed by atoms with Gasteiger partial charge in [0.2, 0.25) is 0 Å². The highest BCUT2D eigenvalue weighted by Crippen LogP contribution is 2.28. The molecule has 5 nitrogen and oxygen atoms in total. The van der Waals surface area contributed by atoms with Crippen molar-refractivity contribution in [2.24, 2.45) is 0 Å². The predicted octanol–water partition coefficient (Wildman–Crippen LogP) is 4.04. The van der Waals surface area contributed by atoms with Crippen LogP contribution in [0.1, 0.15) is 46.2 Å². The zero-order valence-electron chi connectivity index (χ0n) is 15.9. The Balaban J connectivity index is 1.62. The number of carbonyl (C=O) groups excluding carboxylic acids is 1. The molecule has 28 heavy (non-hydrogen) atoms. The first-order valence-corrected chi connectivity index (χ1v) is 9.44. The van der Waals surface area contributed by atoms with Crippen LogP contribution in [0, 0.1) is 19.7 Å². The van der Waals surface area contributed by atoms with Crippen LogP contribution in [0.3, 0.4) is 0 Å². The summed E-state index contributed by atoms with van der Waals surface area (Å²) in [6.45, 7) is 4.48. The second-order valence-electron chi connectivity index (χ2n) is 7.15. The predicted molar refractivity (Wildman–Crippen MR) is 105 cm³/mol. The minimum absolute atomic E-state index is 0.125. The Kier molecular flexibility index (Phi) is 5.05. The number of aryl methyl sites for hydroxylation is 2. The maximum Gasteiger partial charge on any atom is 0.251 e. The number of nitrogens with one attached hydrogen (secondary N) is 1. The summed E-state index contributed by atoms with van der Waals surface area (Å²) in [5.41, 5.74) is 4.50. The standard InChI is InChI=1S/C22H22FN3O2/c1-13-14(2)25-19-12-16(7-10-18(19)24-13)22(27)26-21(20-4-3-11-28-20)15-5-8-17(23)9-6-15/h5-10,12,20-21H,3-4,11H2,1-2H3,(H,26,27). The molecule has 0 aliphatic carbocycles. The molecule has 1 N–H and O–H groups in total. The molecule has 2 heterocycles. The molecule has 1 aromatic heterocycles. The van der Waals surface area contributed by atoms with Crippen LogP contribution in [-0.4, -0.2) is 28.6 Å². The SMILES string of the molecule is Cc1nc2ccc(C(=O)NC(c3ccc(F)cc3)C3CCCO3)cc2nc1C. The molecule has 0 saturated carbocycles. The Morgan fingerprint density at radius 2 is 1.82 bits per heavy atom. The monoisotopic (exact) mass is 379 g/mol. The quantitative estimate of drug-likeness (QED) is 0.743. The van der Waals surface area contributed by atoms with Crippen molar-refractivity contribution in [2.45, 2.75) is 38.8 Å². The van der Waals surface area contributed by atoms with Crippen LogP contribution < -0.4 is 5.32 Å². The van der Waals surface area contributed by atoms with Crippen LogP contribution in [0.25, 0.3) is 11.0 Å². The van der Waals surface area contributed by atoms with E-state index in [4.69, 9.17) is 4.74 Å². The van der Waals surface area contributed by atoms with Gasteiger partial charge < -0.3 is 10.1 Å². The Bertz CT molecular complexity index is 1010. The van der Waals surface area contributed by atoms with Crippen LogP contribution >= 0.6 is 0 Å². The molecule has 2 unspecified atom stereocenters. The third-order valence-electron chi connectivity index (χ3n) is 5.19. The number of ether oxygens (including phenoxy) is 1. The van der Waals surface area contributed by atoms with Gasteiger partial charge in [0.1, 0.15) is 5.82 Å². The lowest BCUT2D eigenvalue weighted by molar-refractivity contribution is 0.0672. The first-order chi connectivity index (χ1) is 13.5. The van der Waals surface area contributed by atoms with Crippen molar-refractivity contribution in [1.82, 2.24) is 15.3 Å². The summed E-state index contributed by atoms with van der Waals surface area (Å²) in [6.07, 6.45) is 1.67. The lowest BCUT2D eigenvalue weighted by Crippen LogP contribution is -2.36. The van der Waals surface area contributed by atoms with E-state index >= 15 is 0 Å². The Hall–Kier alpha value is -2.86. The fourth-order valence-corrected chi connectivity index (χ4v) is 3.52. The zero-order chi connectivity index (χ0) is 19.7. The van der Waals surface area contributed by atoms with Crippen molar-refractivity contribution in [2.75, 3.05) is 6.61 Å². The first-order valence-electron chi connectivity index (χ1n) is 9.44. The molecule has 1 amide bonds. The highest BCUT2D eigenvalue weighted by Gasteiger charge is 2.29. The van der Waals surface area contributed by atoms with Crippen molar-refractivity contribution in [1.29, 1.82) is 0 Å². The number of fused-ring (bicyclic) bond motifs is 1. The summed E-state index contributed by atoms with van der Waals surface area (Å²) >= 11 is 0. The molecule has 6 heteroatoms.